The molecule has 0 amide bonds. The summed E-state index contributed by atoms with van der Waals surface area (Å²) in [7, 11) is 0. The van der Waals surface area contributed by atoms with Crippen molar-refractivity contribution in [3.63, 3.8) is 0 Å². The smallest absolute Gasteiger partial charge is 0.284 e. The minimum Gasteiger partial charge on any atom is -0.506 e. The SMILES string of the molecule is Nc1cc(O)c(C(F)F)nc1N. The van der Waals surface area contributed by atoms with E-state index in [9.17, 15) is 8.78 Å². The summed E-state index contributed by atoms with van der Waals surface area (Å²) in [6.45, 7) is 0. The Morgan fingerprint density at radius 3 is 2.50 bits per heavy atom. The molecule has 0 saturated carbocycles. The molecule has 0 spiro atoms. The van der Waals surface area contributed by atoms with Crippen molar-refractivity contribution < 1.29 is 13.9 Å². The Morgan fingerprint density at radius 1 is 1.42 bits per heavy atom. The molecule has 0 aliphatic heterocycles. The monoisotopic (exact) mass is 175 g/mol. The summed E-state index contributed by atoms with van der Waals surface area (Å²) in [6, 6.07) is 0.948. The van der Waals surface area contributed by atoms with Gasteiger partial charge in [0, 0.05) is 6.07 Å². The number of nitrogens with zero attached hydrogens (tertiary/aromatic N) is 1. The zero-order valence-electron chi connectivity index (χ0n) is 5.96. The highest BCUT2D eigenvalue weighted by Gasteiger charge is 2.16. The van der Waals surface area contributed by atoms with Crippen molar-refractivity contribution in [2.24, 2.45) is 0 Å². The molecule has 0 atom stereocenters. The molecule has 0 aliphatic rings. The van der Waals surface area contributed by atoms with E-state index in [1.807, 2.05) is 0 Å². The number of anilines is 2. The van der Waals surface area contributed by atoms with Crippen LogP contribution >= 0.6 is 0 Å². The van der Waals surface area contributed by atoms with Gasteiger partial charge in [-0.1, -0.05) is 0 Å². The van der Waals surface area contributed by atoms with E-state index in [2.05, 4.69) is 4.98 Å². The van der Waals surface area contributed by atoms with Gasteiger partial charge in [0.2, 0.25) is 0 Å². The second-order valence-corrected chi connectivity index (χ2v) is 2.17. The summed E-state index contributed by atoms with van der Waals surface area (Å²) >= 11 is 0. The summed E-state index contributed by atoms with van der Waals surface area (Å²) in [4.78, 5) is 3.22. The van der Waals surface area contributed by atoms with Crippen molar-refractivity contribution in [2.45, 2.75) is 6.43 Å². The highest BCUT2D eigenvalue weighted by Crippen LogP contribution is 2.29. The molecular weight excluding hydrogens is 168 g/mol. The molecule has 4 nitrogen and oxygen atoms in total. The van der Waals surface area contributed by atoms with Gasteiger partial charge >= 0.3 is 0 Å². The van der Waals surface area contributed by atoms with Crippen molar-refractivity contribution >= 4 is 11.5 Å². The first-order valence-electron chi connectivity index (χ1n) is 3.05. The second-order valence-electron chi connectivity index (χ2n) is 2.17. The summed E-state index contributed by atoms with van der Waals surface area (Å²) < 4.78 is 24.0. The first-order chi connectivity index (χ1) is 5.52. The van der Waals surface area contributed by atoms with Gasteiger partial charge in [0.15, 0.2) is 5.69 Å². The van der Waals surface area contributed by atoms with Crippen LogP contribution in [0.5, 0.6) is 5.75 Å². The van der Waals surface area contributed by atoms with Crippen molar-refractivity contribution in [2.75, 3.05) is 11.5 Å². The number of rotatable bonds is 1. The maximum Gasteiger partial charge on any atom is 0.284 e. The van der Waals surface area contributed by atoms with E-state index in [0.717, 1.165) is 6.07 Å². The molecule has 6 heteroatoms. The number of hydrogen-bond acceptors (Lipinski definition) is 4. The van der Waals surface area contributed by atoms with Crippen LogP contribution in [0.15, 0.2) is 6.07 Å². The normalized spacial score (nSPS) is 10.6. The van der Waals surface area contributed by atoms with Gasteiger partial charge in [-0.15, -0.1) is 0 Å². The second kappa shape index (κ2) is 2.80. The lowest BCUT2D eigenvalue weighted by Crippen LogP contribution is -2.01. The average Bonchev–Trinajstić information content (AvgIpc) is 1.96. The van der Waals surface area contributed by atoms with Gasteiger partial charge in [0.05, 0.1) is 5.69 Å². The summed E-state index contributed by atoms with van der Waals surface area (Å²) in [5, 5.41) is 8.91. The molecule has 1 aromatic rings. The van der Waals surface area contributed by atoms with Crippen molar-refractivity contribution in [1.29, 1.82) is 0 Å². The number of aromatic hydroxyl groups is 1. The third-order valence-corrected chi connectivity index (χ3v) is 1.30. The Morgan fingerprint density at radius 2 is 2.00 bits per heavy atom. The lowest BCUT2D eigenvalue weighted by Gasteiger charge is -2.05. The van der Waals surface area contributed by atoms with Gasteiger partial charge in [-0.3, -0.25) is 0 Å². The van der Waals surface area contributed by atoms with Crippen LogP contribution in [0.25, 0.3) is 0 Å². The first kappa shape index (κ1) is 8.51. The van der Waals surface area contributed by atoms with Crippen LogP contribution < -0.4 is 11.5 Å². The number of halogens is 2. The standard InChI is InChI=1S/C6H7F2N3O/c7-5(8)4-3(12)1-2(9)6(10)11-4/h1,5,12H,9H2,(H2,10,11). The molecule has 0 fully saturated rings. The van der Waals surface area contributed by atoms with Crippen LogP contribution in [0.3, 0.4) is 0 Å². The minimum atomic E-state index is -2.85. The quantitative estimate of drug-likeness (QED) is 0.591. The van der Waals surface area contributed by atoms with E-state index in [4.69, 9.17) is 16.6 Å². The Kier molecular flexibility index (Phi) is 1.99. The molecule has 0 aliphatic carbocycles. The topological polar surface area (TPSA) is 85.2 Å². The molecule has 0 radical (unpaired) electrons. The largest absolute Gasteiger partial charge is 0.506 e. The molecule has 0 unspecified atom stereocenters. The lowest BCUT2D eigenvalue weighted by atomic mass is 10.3. The van der Waals surface area contributed by atoms with Crippen molar-refractivity contribution in [3.8, 4) is 5.75 Å². The number of alkyl halides is 2. The number of nitrogen functional groups attached to an aromatic ring is 2. The third kappa shape index (κ3) is 1.36. The van der Waals surface area contributed by atoms with Crippen LogP contribution in [-0.4, -0.2) is 10.1 Å². The van der Waals surface area contributed by atoms with E-state index in [1.54, 1.807) is 0 Å². The molecule has 0 saturated heterocycles. The fourth-order valence-electron chi connectivity index (χ4n) is 0.707. The summed E-state index contributed by atoms with van der Waals surface area (Å²) in [5.41, 5.74) is 9.58. The van der Waals surface area contributed by atoms with Gasteiger partial charge in [0.1, 0.15) is 11.6 Å². The number of aromatic nitrogens is 1. The molecule has 0 aromatic carbocycles. The van der Waals surface area contributed by atoms with Crippen LogP contribution in [0, 0.1) is 0 Å². The molecule has 1 rings (SSSR count). The van der Waals surface area contributed by atoms with Crippen molar-refractivity contribution in [1.82, 2.24) is 4.98 Å². The van der Waals surface area contributed by atoms with Gasteiger partial charge in [-0.05, 0) is 0 Å². The zero-order chi connectivity index (χ0) is 9.30. The van der Waals surface area contributed by atoms with Crippen molar-refractivity contribution in [3.05, 3.63) is 11.8 Å². The number of pyridine rings is 1. The van der Waals surface area contributed by atoms with Crippen LogP contribution in [-0.2, 0) is 0 Å². The minimum absolute atomic E-state index is 0.0168. The molecule has 0 bridgehead atoms. The fourth-order valence-corrected chi connectivity index (χ4v) is 0.707. The number of nitrogens with two attached hydrogens (primary N) is 2. The molecular formula is C6H7F2N3O. The highest BCUT2D eigenvalue weighted by molar-refractivity contribution is 5.61. The first-order valence-corrected chi connectivity index (χ1v) is 3.05. The highest BCUT2D eigenvalue weighted by atomic mass is 19.3. The molecule has 12 heavy (non-hydrogen) atoms. The Balaban J connectivity index is 3.23. The van der Waals surface area contributed by atoms with Crippen LogP contribution in [0.2, 0.25) is 0 Å². The Hall–Kier alpha value is -1.59. The maximum absolute atomic E-state index is 12.0. The predicted molar refractivity (Wildman–Crippen MR) is 39.7 cm³/mol. The summed E-state index contributed by atoms with van der Waals surface area (Å²) in [5.74, 6) is -0.847. The van der Waals surface area contributed by atoms with E-state index in [1.165, 1.54) is 0 Å². The molecule has 1 heterocycles. The van der Waals surface area contributed by atoms with Gasteiger partial charge in [0.25, 0.3) is 6.43 Å². The fraction of sp³-hybridized carbons (Fsp3) is 0.167. The van der Waals surface area contributed by atoms with Gasteiger partial charge in [-0.25, -0.2) is 13.8 Å². The summed E-state index contributed by atoms with van der Waals surface area (Å²) in [6.07, 6.45) is -2.85. The van der Waals surface area contributed by atoms with Gasteiger partial charge < -0.3 is 16.6 Å². The van der Waals surface area contributed by atoms with E-state index in [0.29, 0.717) is 0 Å². The van der Waals surface area contributed by atoms with E-state index in [-0.39, 0.29) is 11.5 Å². The average molecular weight is 175 g/mol. The Labute approximate surface area is 66.8 Å². The third-order valence-electron chi connectivity index (χ3n) is 1.30. The maximum atomic E-state index is 12.0. The molecule has 66 valence electrons. The number of hydrogen-bond donors (Lipinski definition) is 3. The van der Waals surface area contributed by atoms with Crippen LogP contribution in [0.4, 0.5) is 20.3 Å². The lowest BCUT2D eigenvalue weighted by molar-refractivity contribution is 0.142. The van der Waals surface area contributed by atoms with E-state index >= 15 is 0 Å². The predicted octanol–water partition coefficient (Wildman–Crippen LogP) is 0.889. The van der Waals surface area contributed by atoms with E-state index < -0.39 is 17.9 Å². The molecule has 5 N–H and O–H groups in total. The van der Waals surface area contributed by atoms with Gasteiger partial charge in [-0.2, -0.15) is 0 Å². The molecule has 1 aromatic heterocycles. The zero-order valence-corrected chi connectivity index (χ0v) is 5.96. The van der Waals surface area contributed by atoms with Crippen LogP contribution in [0.1, 0.15) is 12.1 Å². The Bertz CT molecular complexity index is 303.